The van der Waals surface area contributed by atoms with Crippen LogP contribution in [0.1, 0.15) is 5.56 Å². The van der Waals surface area contributed by atoms with Gasteiger partial charge < -0.3 is 14.2 Å². The molecule has 0 bridgehead atoms. The minimum atomic E-state index is -3.91. The van der Waals surface area contributed by atoms with Crippen molar-refractivity contribution in [3.8, 4) is 5.75 Å². The molecule has 3 rings (SSSR count). The summed E-state index contributed by atoms with van der Waals surface area (Å²) in [5, 5.41) is 0. The largest absolute Gasteiger partial charge is 0.491 e. The van der Waals surface area contributed by atoms with Crippen LogP contribution in [0.5, 0.6) is 5.75 Å². The fourth-order valence-corrected chi connectivity index (χ4v) is 5.75. The van der Waals surface area contributed by atoms with Crippen molar-refractivity contribution in [2.75, 3.05) is 51.3 Å². The van der Waals surface area contributed by atoms with Gasteiger partial charge in [-0.15, -0.1) is 0 Å². The maximum atomic E-state index is 13.0. The maximum absolute atomic E-state index is 13.0. The van der Waals surface area contributed by atoms with Crippen LogP contribution in [-0.2, 0) is 29.5 Å². The van der Waals surface area contributed by atoms with Gasteiger partial charge in [0.2, 0.25) is 10.0 Å². The Balaban J connectivity index is 1.79. The second-order valence-electron chi connectivity index (χ2n) is 6.91. The smallest absolute Gasteiger partial charge is 0.261 e. The van der Waals surface area contributed by atoms with Crippen molar-refractivity contribution in [3.05, 3.63) is 48.0 Å². The van der Waals surface area contributed by atoms with Gasteiger partial charge in [-0.3, -0.25) is 4.72 Å². The van der Waals surface area contributed by atoms with Gasteiger partial charge in [0.1, 0.15) is 12.4 Å². The Hall–Kier alpha value is -2.18. The Morgan fingerprint density at radius 1 is 1.00 bits per heavy atom. The van der Waals surface area contributed by atoms with E-state index >= 15 is 0 Å². The van der Waals surface area contributed by atoms with Crippen molar-refractivity contribution in [3.63, 3.8) is 0 Å². The highest BCUT2D eigenvalue weighted by atomic mass is 32.2. The molecule has 1 fully saturated rings. The number of hydrogen-bond donors (Lipinski definition) is 1. The number of morpholine rings is 1. The van der Waals surface area contributed by atoms with Crippen LogP contribution in [0.25, 0.3) is 0 Å². The molecule has 1 aliphatic heterocycles. The number of ether oxygens (including phenoxy) is 3. The Kier molecular flexibility index (Phi) is 7.55. The van der Waals surface area contributed by atoms with Crippen molar-refractivity contribution >= 4 is 25.7 Å². The number of benzene rings is 2. The van der Waals surface area contributed by atoms with Gasteiger partial charge in [0.15, 0.2) is 0 Å². The summed E-state index contributed by atoms with van der Waals surface area (Å²) < 4.78 is 70.9. The lowest BCUT2D eigenvalue weighted by Gasteiger charge is -2.26. The third kappa shape index (κ3) is 5.74. The number of nitrogens with zero attached hydrogens (tertiary/aromatic N) is 1. The van der Waals surface area contributed by atoms with E-state index in [1.807, 2.05) is 0 Å². The van der Waals surface area contributed by atoms with E-state index in [2.05, 4.69) is 4.72 Å². The van der Waals surface area contributed by atoms with Crippen LogP contribution in [0.15, 0.2) is 52.3 Å². The summed E-state index contributed by atoms with van der Waals surface area (Å²) >= 11 is 0. The van der Waals surface area contributed by atoms with Gasteiger partial charge in [0.05, 0.1) is 35.3 Å². The number of hydrogen-bond acceptors (Lipinski definition) is 7. The second-order valence-corrected chi connectivity index (χ2v) is 10.5. The molecule has 170 valence electrons. The molecule has 0 unspecified atom stereocenters. The summed E-state index contributed by atoms with van der Waals surface area (Å²) in [4.78, 5) is 0.0984. The Morgan fingerprint density at radius 2 is 1.68 bits per heavy atom. The van der Waals surface area contributed by atoms with Crippen molar-refractivity contribution in [1.29, 1.82) is 0 Å². The molecule has 1 N–H and O–H groups in total. The molecule has 1 heterocycles. The highest BCUT2D eigenvalue weighted by molar-refractivity contribution is 7.92. The molecule has 11 heteroatoms. The summed E-state index contributed by atoms with van der Waals surface area (Å²) in [5.41, 5.74) is 0.699. The van der Waals surface area contributed by atoms with Crippen LogP contribution >= 0.6 is 0 Å². The molecule has 0 atom stereocenters. The highest BCUT2D eigenvalue weighted by Gasteiger charge is 2.28. The normalized spacial score (nSPS) is 15.5. The van der Waals surface area contributed by atoms with E-state index in [9.17, 15) is 16.8 Å². The van der Waals surface area contributed by atoms with E-state index in [0.717, 1.165) is 0 Å². The van der Waals surface area contributed by atoms with Gasteiger partial charge in [0, 0.05) is 20.2 Å². The summed E-state index contributed by atoms with van der Waals surface area (Å²) in [6, 6.07) is 10.4. The Labute approximate surface area is 183 Å². The first-order valence-electron chi connectivity index (χ1n) is 9.67. The molecule has 0 aliphatic carbocycles. The van der Waals surface area contributed by atoms with Gasteiger partial charge in [-0.25, -0.2) is 16.8 Å². The number of aryl methyl sites for hydroxylation is 1. The summed E-state index contributed by atoms with van der Waals surface area (Å²) in [6.07, 6.45) is 0. The second kappa shape index (κ2) is 9.96. The standard InChI is InChI=1S/C20H26N2O7S2/c1-16-3-4-17(15-20(16)31(25,26)22-9-11-28-12-10-22)21-30(23,24)19-7-5-18(6-8-19)29-14-13-27-2/h3-8,15,21H,9-14H2,1-2H3. The molecule has 0 saturated carbocycles. The van der Waals surface area contributed by atoms with Crippen LogP contribution in [0.3, 0.4) is 0 Å². The van der Waals surface area contributed by atoms with Crippen molar-refractivity contribution < 1.29 is 31.0 Å². The van der Waals surface area contributed by atoms with E-state index in [-0.39, 0.29) is 28.6 Å². The zero-order chi connectivity index (χ0) is 22.5. The first-order chi connectivity index (χ1) is 14.7. The number of anilines is 1. The molecule has 2 aromatic carbocycles. The minimum absolute atomic E-state index is 0.0322. The fraction of sp³-hybridized carbons (Fsp3) is 0.400. The van der Waals surface area contributed by atoms with E-state index in [1.54, 1.807) is 32.2 Å². The van der Waals surface area contributed by atoms with E-state index in [0.29, 0.717) is 37.7 Å². The monoisotopic (exact) mass is 470 g/mol. The zero-order valence-electron chi connectivity index (χ0n) is 17.4. The maximum Gasteiger partial charge on any atom is 0.261 e. The number of nitrogens with one attached hydrogen (secondary N) is 1. The topological polar surface area (TPSA) is 111 Å². The molecule has 31 heavy (non-hydrogen) atoms. The van der Waals surface area contributed by atoms with Gasteiger partial charge in [-0.1, -0.05) is 6.07 Å². The number of sulfonamides is 2. The molecule has 0 aromatic heterocycles. The Morgan fingerprint density at radius 3 is 2.32 bits per heavy atom. The summed E-state index contributed by atoms with van der Waals surface area (Å²) in [5.74, 6) is 0.519. The molecule has 1 aliphatic rings. The predicted molar refractivity (Wildman–Crippen MR) is 115 cm³/mol. The van der Waals surface area contributed by atoms with Crippen molar-refractivity contribution in [2.45, 2.75) is 16.7 Å². The van der Waals surface area contributed by atoms with Crippen molar-refractivity contribution in [2.24, 2.45) is 0 Å². The molecule has 0 spiro atoms. The average Bonchev–Trinajstić information content (AvgIpc) is 2.76. The summed E-state index contributed by atoms with van der Waals surface area (Å²) in [6.45, 7) is 3.63. The van der Waals surface area contributed by atoms with Crippen LogP contribution in [0, 0.1) is 6.92 Å². The summed E-state index contributed by atoms with van der Waals surface area (Å²) in [7, 11) is -6.11. The fourth-order valence-electron chi connectivity index (χ4n) is 3.04. The predicted octanol–water partition coefficient (Wildman–Crippen LogP) is 1.84. The quantitative estimate of drug-likeness (QED) is 0.557. The molecular formula is C20H26N2O7S2. The lowest BCUT2D eigenvalue weighted by atomic mass is 10.2. The Bertz CT molecular complexity index is 1090. The third-order valence-corrected chi connectivity index (χ3v) is 8.16. The first kappa shape index (κ1) is 23.5. The molecule has 0 radical (unpaired) electrons. The molecule has 9 nitrogen and oxygen atoms in total. The van der Waals surface area contributed by atoms with Crippen LogP contribution in [-0.4, -0.2) is 67.8 Å². The zero-order valence-corrected chi connectivity index (χ0v) is 19.0. The van der Waals surface area contributed by atoms with Crippen LogP contribution in [0.2, 0.25) is 0 Å². The van der Waals surface area contributed by atoms with Crippen LogP contribution < -0.4 is 9.46 Å². The SMILES string of the molecule is COCCOc1ccc(S(=O)(=O)Nc2ccc(C)c(S(=O)(=O)N3CCOCC3)c2)cc1. The van der Waals surface area contributed by atoms with Crippen LogP contribution in [0.4, 0.5) is 5.69 Å². The van der Waals surface area contributed by atoms with Gasteiger partial charge in [0.25, 0.3) is 10.0 Å². The third-order valence-electron chi connectivity index (χ3n) is 4.72. The number of rotatable bonds is 9. The van der Waals surface area contributed by atoms with Crippen molar-refractivity contribution in [1.82, 2.24) is 4.31 Å². The molecule has 2 aromatic rings. The molecule has 1 saturated heterocycles. The van der Waals surface area contributed by atoms with Gasteiger partial charge in [-0.2, -0.15) is 4.31 Å². The lowest BCUT2D eigenvalue weighted by Crippen LogP contribution is -2.40. The first-order valence-corrected chi connectivity index (χ1v) is 12.6. The number of methoxy groups -OCH3 is 1. The van der Waals surface area contributed by atoms with E-state index in [4.69, 9.17) is 14.2 Å². The van der Waals surface area contributed by atoms with Gasteiger partial charge in [-0.05, 0) is 48.9 Å². The highest BCUT2D eigenvalue weighted by Crippen LogP contribution is 2.26. The lowest BCUT2D eigenvalue weighted by molar-refractivity contribution is 0.0730. The van der Waals surface area contributed by atoms with Gasteiger partial charge >= 0.3 is 0 Å². The molecular weight excluding hydrogens is 444 g/mol. The van der Waals surface area contributed by atoms with E-state index in [1.165, 1.54) is 28.6 Å². The minimum Gasteiger partial charge on any atom is -0.491 e. The molecule has 0 amide bonds. The average molecular weight is 471 g/mol. The van der Waals surface area contributed by atoms with E-state index < -0.39 is 20.0 Å².